The summed E-state index contributed by atoms with van der Waals surface area (Å²) in [4.78, 5) is 269. The summed E-state index contributed by atoms with van der Waals surface area (Å²) in [7, 11) is 0. The lowest BCUT2D eigenvalue weighted by molar-refractivity contribution is -0.154. The number of benzene rings is 6. The standard InChI is InChI=1S/C93H106N22O21/c1-49-93(135)115-32-12-21-75(115)91(133)113-74(41-80(123)136-103-47-79(122)105-72(39-76(94)119)88(130)109-70(37-56-44-100-65-20-11-8-17-62(56)65)87(129)111-71(38-57-45-96-48-102-57)83(125)101-46-78(121)114-81(50(2)116)92(134)104-49)90(132)110-69(36-55-43-99-64-19-10-7-16-61(55)64)86(128)107-67(33-51-13-4-3-5-14-51)85(127)112-73(40-77(95)120)89(131)108-68(35-53-24-28-59(118)29-25-53)84(126)106-66(34-52-22-26-58(117)27-23-52)82(124)97-31-30-54-42-98-63-18-9-6-15-60(54)63/h3-11,13-20,22-29,42-45,48-50,66-75,81,98-100,103,116-118H,12,21,30-41,46-47H2,1-2H3,(H2,94,119)(H2,95,120)(H,96,102)(H,97,124)(H,101,125)(H,104,134)(H,105,122)(H,106,126)(H,107,128)(H,108,131)(H,109,130)(H,110,132)(H,111,129)(H,112,127)(H,113,133)(H,114,121). The number of aliphatic hydroxyl groups is 1. The van der Waals surface area contributed by atoms with Crippen LogP contribution >= 0.6 is 0 Å². The van der Waals surface area contributed by atoms with Crippen LogP contribution in [0.5, 0.6) is 11.5 Å². The minimum atomic E-state index is -2.13. The van der Waals surface area contributed by atoms with Crippen LogP contribution in [-0.2, 0) is 131 Å². The number of aromatic hydroxyl groups is 2. The zero-order valence-corrected chi connectivity index (χ0v) is 73.9. The van der Waals surface area contributed by atoms with Crippen molar-refractivity contribution in [3.05, 3.63) is 222 Å². The van der Waals surface area contributed by atoms with Crippen molar-refractivity contribution in [3.8, 4) is 11.5 Å². The highest BCUT2D eigenvalue weighted by molar-refractivity contribution is 6.03. The van der Waals surface area contributed by atoms with Gasteiger partial charge in [0.15, 0.2) is 0 Å². The molecule has 0 radical (unpaired) electrons. The number of H-pyrrole nitrogens is 4. The number of hydrogen-bond donors (Lipinski definition) is 23. The Balaban J connectivity index is 0.817. The van der Waals surface area contributed by atoms with E-state index >= 15 is 24.0 Å². The van der Waals surface area contributed by atoms with Crippen LogP contribution < -0.4 is 86.1 Å². The summed E-state index contributed by atoms with van der Waals surface area (Å²) in [6, 6.07) is 20.1. The molecule has 6 aromatic carbocycles. The molecule has 25 N–H and O–H groups in total. The summed E-state index contributed by atoms with van der Waals surface area (Å²) in [6.45, 7) is 0.428. The van der Waals surface area contributed by atoms with E-state index in [4.69, 9.17) is 16.3 Å². The molecule has 6 heterocycles. The van der Waals surface area contributed by atoms with Crippen molar-refractivity contribution in [1.82, 2.24) is 104 Å². The van der Waals surface area contributed by atoms with Crippen molar-refractivity contribution >= 4 is 133 Å². The number of para-hydroxylation sites is 3. The van der Waals surface area contributed by atoms with Crippen LogP contribution in [0, 0.1) is 0 Å². The number of hydroxylamine groups is 1. The number of nitrogens with zero attached hydrogens (tertiary/aromatic N) is 2. The number of fused-ring (bicyclic) bond motifs is 4. The van der Waals surface area contributed by atoms with Crippen LogP contribution in [0.1, 0.15) is 85.0 Å². The molecule has 2 aliphatic heterocycles. The van der Waals surface area contributed by atoms with E-state index in [1.54, 1.807) is 97.2 Å². The zero-order chi connectivity index (χ0) is 97.2. The fourth-order valence-electron chi connectivity index (χ4n) is 16.0. The van der Waals surface area contributed by atoms with Gasteiger partial charge in [0, 0.05) is 115 Å². The van der Waals surface area contributed by atoms with E-state index in [9.17, 15) is 72.9 Å². The minimum absolute atomic E-state index is 0.0787. The van der Waals surface area contributed by atoms with Gasteiger partial charge < -0.3 is 126 Å². The summed E-state index contributed by atoms with van der Waals surface area (Å²) < 4.78 is 0. The molecule has 0 bridgehead atoms. The normalized spacial score (nSPS) is 19.5. The number of nitrogens with one attached hydrogen (secondary N) is 18. The summed E-state index contributed by atoms with van der Waals surface area (Å²) in [5, 5.41) is 66.6. The molecule has 13 unspecified atom stereocenters. The molecule has 0 spiro atoms. The molecule has 43 heteroatoms. The maximum Gasteiger partial charge on any atom is 0.327 e. The van der Waals surface area contributed by atoms with Crippen LogP contribution in [0.15, 0.2) is 183 Å². The molecule has 714 valence electrons. The summed E-state index contributed by atoms with van der Waals surface area (Å²) in [5.74, 6) is -18.8. The number of rotatable bonds is 31. The van der Waals surface area contributed by atoms with Gasteiger partial charge in [0.25, 0.3) is 0 Å². The van der Waals surface area contributed by atoms with Gasteiger partial charge >= 0.3 is 5.97 Å². The van der Waals surface area contributed by atoms with Gasteiger partial charge in [-0.05, 0) is 109 Å². The van der Waals surface area contributed by atoms with E-state index in [2.05, 4.69) is 99.5 Å². The number of aromatic amines is 4. The Bertz CT molecular complexity index is 6020. The van der Waals surface area contributed by atoms with Gasteiger partial charge in [0.1, 0.15) is 90.5 Å². The SMILES string of the molecule is CC1NC(=O)C(C(C)O)NC(=O)CNC(=O)C(Cc2cnc[nH]2)NC(=O)C(Cc2c[nH]c3ccccc23)NC(=O)C(CC(N)=O)NC(=O)CNOC(=O)CC(C(=O)NC(Cc2c[nH]c3ccccc23)C(=O)NC(Cc2ccccc2)C(=O)NC(CC(N)=O)C(=O)NC(Cc2ccc(O)cc2)C(=O)NC(Cc2ccc(O)cc2)C(=O)NCCc2c[nH]c3ccccc23)NC(=O)C2CCCN2C1=O. The predicted molar refractivity (Wildman–Crippen MR) is 488 cm³/mol. The molecule has 4 aromatic heterocycles. The van der Waals surface area contributed by atoms with Crippen molar-refractivity contribution in [2.75, 3.05) is 26.2 Å². The molecule has 0 saturated carbocycles. The fraction of sp³-hybridized carbons (Fsp3) is 0.333. The number of imidazole rings is 1. The van der Waals surface area contributed by atoms with Gasteiger partial charge in [-0.1, -0.05) is 109 Å². The highest BCUT2D eigenvalue weighted by Gasteiger charge is 2.42. The Morgan fingerprint density at radius 2 is 1.00 bits per heavy atom. The molecule has 2 fully saturated rings. The molecular formula is C93H106N22O21. The number of carbonyl (C=O) groups is 17. The summed E-state index contributed by atoms with van der Waals surface area (Å²) in [5.41, 5.74) is 18.9. The summed E-state index contributed by atoms with van der Waals surface area (Å²) >= 11 is 0. The Hall–Kier alpha value is -16.3. The van der Waals surface area contributed by atoms with Crippen LogP contribution in [0.4, 0.5) is 0 Å². The van der Waals surface area contributed by atoms with Crippen molar-refractivity contribution in [1.29, 1.82) is 0 Å². The lowest BCUT2D eigenvalue weighted by Gasteiger charge is -2.30. The lowest BCUT2D eigenvalue weighted by atomic mass is 10.0. The van der Waals surface area contributed by atoms with Gasteiger partial charge in [-0.2, -0.15) is 0 Å². The third-order valence-corrected chi connectivity index (χ3v) is 23.0. The third kappa shape index (κ3) is 27.4. The highest BCUT2D eigenvalue weighted by Crippen LogP contribution is 2.26. The largest absolute Gasteiger partial charge is 0.508 e. The number of aromatic nitrogens is 5. The van der Waals surface area contributed by atoms with Crippen LogP contribution in [0.2, 0.25) is 0 Å². The number of aliphatic hydroxyl groups excluding tert-OH is 1. The Kier molecular flexibility index (Phi) is 33.8. The molecule has 16 amide bonds. The first-order chi connectivity index (χ1) is 65.3. The van der Waals surface area contributed by atoms with E-state index in [1.807, 2.05) is 30.5 Å². The highest BCUT2D eigenvalue weighted by atomic mass is 16.7. The van der Waals surface area contributed by atoms with Gasteiger partial charge in [0.2, 0.25) is 94.5 Å². The fourth-order valence-corrected chi connectivity index (χ4v) is 16.0. The maximum absolute atomic E-state index is 15.6. The molecule has 2 aliphatic rings. The molecule has 43 nitrogen and oxygen atoms in total. The van der Waals surface area contributed by atoms with Gasteiger partial charge in [-0.3, -0.25) is 81.5 Å². The number of carbonyl (C=O) groups excluding carboxylic acids is 17. The van der Waals surface area contributed by atoms with Gasteiger partial charge in [0.05, 0.1) is 38.2 Å². The molecule has 2 saturated heterocycles. The second-order valence-corrected chi connectivity index (χ2v) is 33.1. The molecular weight excluding hydrogens is 1760 g/mol. The van der Waals surface area contributed by atoms with E-state index < -0.39 is 218 Å². The van der Waals surface area contributed by atoms with Crippen LogP contribution in [-0.4, -0.2) is 250 Å². The van der Waals surface area contributed by atoms with Gasteiger partial charge in [-0.25, -0.2) is 4.98 Å². The molecule has 10 aromatic rings. The number of hydrogen-bond acceptors (Lipinski definition) is 23. The van der Waals surface area contributed by atoms with E-state index in [0.717, 1.165) is 28.3 Å². The monoisotopic (exact) mass is 1870 g/mol. The van der Waals surface area contributed by atoms with Crippen molar-refractivity contribution in [2.45, 2.75) is 170 Å². The van der Waals surface area contributed by atoms with Gasteiger partial charge in [-0.15, -0.1) is 5.48 Å². The van der Waals surface area contributed by atoms with Crippen LogP contribution in [0.25, 0.3) is 32.7 Å². The maximum atomic E-state index is 15.6. The number of primary amides is 2. The van der Waals surface area contributed by atoms with Crippen molar-refractivity contribution in [3.63, 3.8) is 0 Å². The molecule has 12 rings (SSSR count). The Morgan fingerprint density at radius 3 is 1.57 bits per heavy atom. The molecule has 13 atom stereocenters. The first-order valence-corrected chi connectivity index (χ1v) is 43.8. The number of nitrogens with two attached hydrogens (primary N) is 2. The Labute approximate surface area is 776 Å². The average Bonchev–Trinajstić information content (AvgIpc) is 1.63. The van der Waals surface area contributed by atoms with E-state index in [0.29, 0.717) is 61.7 Å². The first-order valence-electron chi connectivity index (χ1n) is 43.8. The minimum Gasteiger partial charge on any atom is -0.508 e. The first kappa shape index (κ1) is 98.7. The zero-order valence-electron chi connectivity index (χ0n) is 73.9. The second kappa shape index (κ2) is 46.6. The van der Waals surface area contributed by atoms with Crippen molar-refractivity contribution < 1.29 is 102 Å². The molecule has 136 heavy (non-hydrogen) atoms. The van der Waals surface area contributed by atoms with Crippen LogP contribution in [0.3, 0.4) is 0 Å². The van der Waals surface area contributed by atoms with E-state index in [1.165, 1.54) is 62.0 Å². The van der Waals surface area contributed by atoms with Crippen molar-refractivity contribution in [2.24, 2.45) is 11.5 Å². The average molecular weight is 1870 g/mol. The third-order valence-electron chi connectivity index (χ3n) is 23.0. The number of phenols is 2. The summed E-state index contributed by atoms with van der Waals surface area (Å²) in [6.07, 6.45) is 1.31. The quantitative estimate of drug-likeness (QED) is 0.0212. The topological polar surface area (TPSA) is 660 Å². The van der Waals surface area contributed by atoms with E-state index in [-0.39, 0.29) is 69.5 Å². The predicted octanol–water partition coefficient (Wildman–Crippen LogP) is -2.58. The molecule has 0 aliphatic carbocycles. The lowest BCUT2D eigenvalue weighted by Crippen LogP contribution is -2.61. The second-order valence-electron chi connectivity index (χ2n) is 33.1. The smallest absolute Gasteiger partial charge is 0.327 e. The number of phenolic OH excluding ortho intramolecular Hbond substituents is 2. The Morgan fingerprint density at radius 1 is 0.500 bits per heavy atom. The number of amides is 16.